The summed E-state index contributed by atoms with van der Waals surface area (Å²) in [6.07, 6.45) is -4.70. The topological polar surface area (TPSA) is 56.1 Å². The lowest BCUT2D eigenvalue weighted by Crippen LogP contribution is -2.16. The van der Waals surface area contributed by atoms with Crippen molar-refractivity contribution in [2.24, 2.45) is 0 Å². The van der Waals surface area contributed by atoms with E-state index in [4.69, 9.17) is 16.3 Å². The average molecular weight is 376 g/mol. The van der Waals surface area contributed by atoms with Gasteiger partial charge in [-0.05, 0) is 31.5 Å². The molecule has 1 N–H and O–H groups in total. The maximum Gasteiger partial charge on any atom is 0.436 e. The molecule has 1 heterocycles. The quantitative estimate of drug-likeness (QED) is 0.851. The molecule has 0 bridgehead atoms. The van der Waals surface area contributed by atoms with Crippen molar-refractivity contribution in [3.63, 3.8) is 0 Å². The fraction of sp³-hybridized carbons (Fsp3) is 0.375. The van der Waals surface area contributed by atoms with Gasteiger partial charge >= 0.3 is 6.18 Å². The van der Waals surface area contributed by atoms with Crippen molar-refractivity contribution in [3.05, 3.63) is 40.2 Å². The van der Waals surface area contributed by atoms with Crippen LogP contribution in [0.5, 0.6) is 5.75 Å². The molecule has 0 saturated carbocycles. The Balaban J connectivity index is 2.07. The molecular formula is C16H17ClF3N3O2. The molecule has 0 saturated heterocycles. The van der Waals surface area contributed by atoms with Crippen LogP contribution in [0.3, 0.4) is 0 Å². The molecule has 2 rings (SSSR count). The van der Waals surface area contributed by atoms with Crippen LogP contribution in [-0.2, 0) is 17.5 Å². The number of ether oxygens (including phenoxy) is 1. The number of hydrogen-bond acceptors (Lipinski definition) is 3. The van der Waals surface area contributed by atoms with E-state index in [-0.39, 0.29) is 24.6 Å². The van der Waals surface area contributed by atoms with Gasteiger partial charge in [0.25, 0.3) is 0 Å². The molecule has 0 fully saturated rings. The maximum atomic E-state index is 12.8. The number of carbonyl (C=O) groups is 1. The highest BCUT2D eigenvalue weighted by Gasteiger charge is 2.38. The van der Waals surface area contributed by atoms with Crippen LogP contribution in [0.1, 0.15) is 23.4 Å². The number of methoxy groups -OCH3 is 1. The van der Waals surface area contributed by atoms with Crippen LogP contribution in [-0.4, -0.2) is 22.8 Å². The first-order valence-corrected chi connectivity index (χ1v) is 7.76. The standard InChI is InChI=1S/C16H17ClF3N3O2/c1-9-4-5-12(25-3)11(8-9)21-13(24)6-7-23-10(2)14(17)15(22-23)16(18,19)20/h4-5,8H,6-7H2,1-3H3,(H,21,24). The number of nitrogens with zero attached hydrogens (tertiary/aromatic N) is 2. The van der Waals surface area contributed by atoms with Crippen LogP contribution in [0.4, 0.5) is 18.9 Å². The number of nitrogens with one attached hydrogen (secondary N) is 1. The minimum atomic E-state index is -4.63. The van der Waals surface area contributed by atoms with Crippen LogP contribution in [0.15, 0.2) is 18.2 Å². The summed E-state index contributed by atoms with van der Waals surface area (Å²) in [5.74, 6) is 0.125. The summed E-state index contributed by atoms with van der Waals surface area (Å²) < 4.78 is 44.6. The summed E-state index contributed by atoms with van der Waals surface area (Å²) in [6.45, 7) is 3.26. The molecule has 1 aromatic heterocycles. The summed E-state index contributed by atoms with van der Waals surface area (Å²) in [5, 5.41) is 5.70. The molecule has 136 valence electrons. The van der Waals surface area contributed by atoms with Crippen molar-refractivity contribution < 1.29 is 22.7 Å². The number of alkyl halides is 3. The Kier molecular flexibility index (Phi) is 5.62. The summed E-state index contributed by atoms with van der Waals surface area (Å²) in [4.78, 5) is 12.1. The number of anilines is 1. The molecule has 0 radical (unpaired) electrons. The Morgan fingerprint density at radius 2 is 2.04 bits per heavy atom. The molecule has 5 nitrogen and oxygen atoms in total. The Hall–Kier alpha value is -2.22. The van der Waals surface area contributed by atoms with Gasteiger partial charge in [-0.3, -0.25) is 9.48 Å². The Morgan fingerprint density at radius 1 is 1.36 bits per heavy atom. The van der Waals surface area contributed by atoms with Crippen LogP contribution >= 0.6 is 11.6 Å². The second-order valence-electron chi connectivity index (χ2n) is 5.47. The predicted octanol–water partition coefficient (Wildman–Crippen LogP) is 4.21. The summed E-state index contributed by atoms with van der Waals surface area (Å²) in [5.41, 5.74) is 0.446. The number of aryl methyl sites for hydroxylation is 2. The highest BCUT2D eigenvalue weighted by atomic mass is 35.5. The van der Waals surface area contributed by atoms with E-state index in [2.05, 4.69) is 10.4 Å². The normalized spacial score (nSPS) is 11.5. The Labute approximate surface area is 147 Å². The summed E-state index contributed by atoms with van der Waals surface area (Å²) >= 11 is 5.68. The van der Waals surface area contributed by atoms with Gasteiger partial charge < -0.3 is 10.1 Å². The van der Waals surface area contributed by atoms with Gasteiger partial charge in [0.2, 0.25) is 5.91 Å². The van der Waals surface area contributed by atoms with Crippen molar-refractivity contribution in [2.75, 3.05) is 12.4 Å². The third-order valence-corrected chi connectivity index (χ3v) is 4.03. The van der Waals surface area contributed by atoms with Gasteiger partial charge in [0.1, 0.15) is 5.75 Å². The maximum absolute atomic E-state index is 12.8. The molecule has 9 heteroatoms. The number of aromatic nitrogens is 2. The number of rotatable bonds is 5. The highest BCUT2D eigenvalue weighted by Crippen LogP contribution is 2.35. The molecular weight excluding hydrogens is 359 g/mol. The van der Waals surface area contributed by atoms with Crippen LogP contribution in [0.2, 0.25) is 5.02 Å². The second kappa shape index (κ2) is 7.35. The third kappa shape index (κ3) is 4.45. The van der Waals surface area contributed by atoms with E-state index in [0.29, 0.717) is 11.4 Å². The third-order valence-electron chi connectivity index (χ3n) is 3.58. The minimum Gasteiger partial charge on any atom is -0.495 e. The van der Waals surface area contributed by atoms with E-state index in [9.17, 15) is 18.0 Å². The van der Waals surface area contributed by atoms with Gasteiger partial charge in [-0.2, -0.15) is 18.3 Å². The first-order valence-electron chi connectivity index (χ1n) is 7.38. The van der Waals surface area contributed by atoms with Crippen molar-refractivity contribution >= 4 is 23.2 Å². The number of amides is 1. The number of benzene rings is 1. The van der Waals surface area contributed by atoms with Crippen molar-refractivity contribution in [1.82, 2.24) is 9.78 Å². The summed E-state index contributed by atoms with van der Waals surface area (Å²) in [7, 11) is 1.48. The van der Waals surface area contributed by atoms with Crippen molar-refractivity contribution in [2.45, 2.75) is 33.0 Å². The lowest BCUT2D eigenvalue weighted by molar-refractivity contribution is -0.141. The smallest absolute Gasteiger partial charge is 0.436 e. The predicted molar refractivity (Wildman–Crippen MR) is 88.0 cm³/mol. The molecule has 0 atom stereocenters. The largest absolute Gasteiger partial charge is 0.495 e. The van der Waals surface area contributed by atoms with Gasteiger partial charge in [-0.1, -0.05) is 17.7 Å². The van der Waals surface area contributed by atoms with Crippen LogP contribution < -0.4 is 10.1 Å². The SMILES string of the molecule is COc1ccc(C)cc1NC(=O)CCn1nc(C(F)(F)F)c(Cl)c1C. The van der Waals surface area contributed by atoms with E-state index in [1.807, 2.05) is 13.0 Å². The number of halogens is 4. The second-order valence-corrected chi connectivity index (χ2v) is 5.85. The monoisotopic (exact) mass is 375 g/mol. The molecule has 0 spiro atoms. The molecule has 2 aromatic rings. The van der Waals surface area contributed by atoms with Crippen LogP contribution in [0, 0.1) is 13.8 Å². The van der Waals surface area contributed by atoms with Crippen molar-refractivity contribution in [3.8, 4) is 5.75 Å². The molecule has 25 heavy (non-hydrogen) atoms. The van der Waals surface area contributed by atoms with Gasteiger partial charge in [-0.25, -0.2) is 0 Å². The highest BCUT2D eigenvalue weighted by molar-refractivity contribution is 6.31. The lowest BCUT2D eigenvalue weighted by atomic mass is 10.2. The van der Waals surface area contributed by atoms with Gasteiger partial charge in [0.15, 0.2) is 5.69 Å². The zero-order valence-electron chi connectivity index (χ0n) is 13.9. The summed E-state index contributed by atoms with van der Waals surface area (Å²) in [6, 6.07) is 5.30. The van der Waals surface area contributed by atoms with E-state index >= 15 is 0 Å². The average Bonchev–Trinajstić information content (AvgIpc) is 2.81. The first-order chi connectivity index (χ1) is 11.6. The lowest BCUT2D eigenvalue weighted by Gasteiger charge is -2.11. The zero-order valence-corrected chi connectivity index (χ0v) is 14.6. The molecule has 1 amide bonds. The van der Waals surface area contributed by atoms with E-state index in [1.165, 1.54) is 14.0 Å². The van der Waals surface area contributed by atoms with Crippen molar-refractivity contribution in [1.29, 1.82) is 0 Å². The Morgan fingerprint density at radius 3 is 2.60 bits per heavy atom. The zero-order chi connectivity index (χ0) is 18.8. The molecule has 1 aromatic carbocycles. The minimum absolute atomic E-state index is 0.0262. The van der Waals surface area contributed by atoms with E-state index in [0.717, 1.165) is 10.2 Å². The molecule has 0 unspecified atom stereocenters. The fourth-order valence-electron chi connectivity index (χ4n) is 2.26. The molecule has 0 aliphatic rings. The molecule has 0 aliphatic carbocycles. The van der Waals surface area contributed by atoms with Gasteiger partial charge in [0.05, 0.1) is 30.1 Å². The van der Waals surface area contributed by atoms with E-state index in [1.54, 1.807) is 12.1 Å². The molecule has 0 aliphatic heterocycles. The van der Waals surface area contributed by atoms with Gasteiger partial charge in [-0.15, -0.1) is 0 Å². The Bertz CT molecular complexity index is 788. The number of carbonyl (C=O) groups excluding carboxylic acids is 1. The van der Waals surface area contributed by atoms with Crippen LogP contribution in [0.25, 0.3) is 0 Å². The number of hydrogen-bond donors (Lipinski definition) is 1. The first kappa shape index (κ1) is 19.1. The van der Waals surface area contributed by atoms with E-state index < -0.39 is 16.9 Å². The fourth-order valence-corrected chi connectivity index (χ4v) is 2.51. The van der Waals surface area contributed by atoms with Gasteiger partial charge in [0, 0.05) is 6.42 Å².